The van der Waals surface area contributed by atoms with E-state index in [-0.39, 0.29) is 24.8 Å². The Morgan fingerprint density at radius 2 is 1.85 bits per heavy atom. The lowest BCUT2D eigenvalue weighted by Gasteiger charge is -2.31. The van der Waals surface area contributed by atoms with Crippen LogP contribution in [0, 0.1) is 17.2 Å². The summed E-state index contributed by atoms with van der Waals surface area (Å²) in [5.74, 6) is 1.54. The van der Waals surface area contributed by atoms with Crippen LogP contribution in [0.4, 0.5) is 0 Å². The zero-order valence-corrected chi connectivity index (χ0v) is 24.9. The molecule has 5 rings (SSSR count). The number of piperidine rings is 1. The first-order valence-electron chi connectivity index (χ1n) is 13.0. The Balaban J connectivity index is 0.00000210. The lowest BCUT2D eigenvalue weighted by Crippen LogP contribution is -2.33. The number of nitriles is 1. The third-order valence-electron chi connectivity index (χ3n) is 7.14. The van der Waals surface area contributed by atoms with Crippen LogP contribution in [0.2, 0.25) is 0 Å². The van der Waals surface area contributed by atoms with Gasteiger partial charge in [0.2, 0.25) is 0 Å². The Morgan fingerprint density at radius 1 is 1.08 bits per heavy atom. The lowest BCUT2D eigenvalue weighted by molar-refractivity contribution is 0.172. The summed E-state index contributed by atoms with van der Waals surface area (Å²) in [6, 6.07) is 20.9. The van der Waals surface area contributed by atoms with Gasteiger partial charge in [-0.1, -0.05) is 35.5 Å². The minimum absolute atomic E-state index is 0. The molecule has 0 saturated carbocycles. The summed E-state index contributed by atoms with van der Waals surface area (Å²) in [7, 11) is 4.09. The maximum Gasteiger partial charge on any atom is 0.175 e. The van der Waals surface area contributed by atoms with Gasteiger partial charge < -0.3 is 14.2 Å². The van der Waals surface area contributed by atoms with Gasteiger partial charge in [-0.25, -0.2) is 0 Å². The fourth-order valence-corrected chi connectivity index (χ4v) is 5.87. The smallest absolute Gasteiger partial charge is 0.175 e. The quantitative estimate of drug-likeness (QED) is 0.197. The number of aromatic nitrogens is 1. The highest BCUT2D eigenvalue weighted by Gasteiger charge is 2.22. The number of likely N-dealkylation sites (tertiary alicyclic amines) is 1. The monoisotopic (exact) mass is 586 g/mol. The van der Waals surface area contributed by atoms with Crippen LogP contribution in [0.1, 0.15) is 45.8 Å². The van der Waals surface area contributed by atoms with Crippen molar-refractivity contribution >= 4 is 47.1 Å². The zero-order chi connectivity index (χ0) is 25.6. The van der Waals surface area contributed by atoms with E-state index in [9.17, 15) is 0 Å². The molecule has 9 heteroatoms. The largest absolute Gasteiger partial charge is 0.488 e. The Morgan fingerprint density at radius 3 is 2.54 bits per heavy atom. The van der Waals surface area contributed by atoms with Gasteiger partial charge in [-0.2, -0.15) is 5.26 Å². The molecule has 0 bridgehead atoms. The molecule has 0 atom stereocenters. The van der Waals surface area contributed by atoms with E-state index in [0.717, 1.165) is 71.2 Å². The van der Waals surface area contributed by atoms with E-state index < -0.39 is 0 Å². The third kappa shape index (κ3) is 7.97. The molecule has 1 aliphatic rings. The lowest BCUT2D eigenvalue weighted by atomic mass is 9.91. The van der Waals surface area contributed by atoms with Crippen LogP contribution >= 0.6 is 36.2 Å². The predicted octanol–water partition coefficient (Wildman–Crippen LogP) is 7.09. The van der Waals surface area contributed by atoms with Crippen molar-refractivity contribution in [3.63, 3.8) is 0 Å². The molecule has 0 unspecified atom stereocenters. The topological polar surface area (TPSA) is 65.5 Å². The first-order valence-corrected chi connectivity index (χ1v) is 13.8. The van der Waals surface area contributed by atoms with Crippen molar-refractivity contribution in [2.24, 2.45) is 5.92 Å². The number of hydrogen-bond donors (Lipinski definition) is 0. The van der Waals surface area contributed by atoms with Crippen molar-refractivity contribution in [1.82, 2.24) is 15.0 Å². The van der Waals surface area contributed by atoms with Gasteiger partial charge >= 0.3 is 0 Å². The molecule has 0 amide bonds. The normalized spacial score (nSPS) is 14.1. The summed E-state index contributed by atoms with van der Waals surface area (Å²) in [5.41, 5.74) is 4.29. The Kier molecular flexibility index (Phi) is 11.7. The van der Waals surface area contributed by atoms with E-state index in [4.69, 9.17) is 14.5 Å². The maximum absolute atomic E-state index is 9.09. The summed E-state index contributed by atoms with van der Waals surface area (Å²) in [5, 5.41) is 14.7. The average Bonchev–Trinajstić information content (AvgIpc) is 3.55. The number of benzene rings is 2. The Labute approximate surface area is 247 Å². The molecule has 39 heavy (non-hydrogen) atoms. The molecule has 1 saturated heterocycles. The minimum Gasteiger partial charge on any atom is -0.488 e. The predicted molar refractivity (Wildman–Crippen MR) is 162 cm³/mol. The first-order chi connectivity index (χ1) is 18.1. The molecular formula is C30H36Cl2N4O2S. The van der Waals surface area contributed by atoms with Crippen LogP contribution in [0.15, 0.2) is 59.1 Å². The highest BCUT2D eigenvalue weighted by molar-refractivity contribution is 7.12. The van der Waals surface area contributed by atoms with E-state index in [0.29, 0.717) is 18.0 Å². The molecule has 0 N–H and O–H groups in total. The molecule has 2 aromatic heterocycles. The number of aryl methyl sites for hydroxylation is 1. The van der Waals surface area contributed by atoms with Crippen molar-refractivity contribution in [2.45, 2.75) is 45.4 Å². The number of rotatable bonds is 10. The fraction of sp³-hybridized carbons (Fsp3) is 0.400. The van der Waals surface area contributed by atoms with Gasteiger partial charge in [0.15, 0.2) is 5.58 Å². The van der Waals surface area contributed by atoms with Gasteiger partial charge in [-0.15, -0.1) is 36.2 Å². The van der Waals surface area contributed by atoms with E-state index in [1.165, 1.54) is 29.7 Å². The molecule has 1 fully saturated rings. The first kappa shape index (κ1) is 30.9. The van der Waals surface area contributed by atoms with Crippen molar-refractivity contribution in [3.05, 3.63) is 81.2 Å². The molecular weight excluding hydrogens is 551 g/mol. The van der Waals surface area contributed by atoms with Gasteiger partial charge in [0.25, 0.3) is 0 Å². The van der Waals surface area contributed by atoms with E-state index in [1.54, 1.807) is 0 Å². The van der Waals surface area contributed by atoms with Gasteiger partial charge in [0.1, 0.15) is 23.3 Å². The number of thiophene rings is 1. The van der Waals surface area contributed by atoms with Crippen molar-refractivity contribution in [2.75, 3.05) is 27.2 Å². The fourth-order valence-electron chi connectivity index (χ4n) is 5.15. The molecule has 2 aromatic carbocycles. The molecule has 6 nitrogen and oxygen atoms in total. The van der Waals surface area contributed by atoms with E-state index in [1.807, 2.05) is 32.3 Å². The second-order valence-corrected chi connectivity index (χ2v) is 11.4. The molecule has 0 aliphatic carbocycles. The molecule has 4 aromatic rings. The number of hydrogen-bond acceptors (Lipinski definition) is 7. The number of fused-ring (bicyclic) bond motifs is 1. The van der Waals surface area contributed by atoms with Crippen LogP contribution in [0.3, 0.4) is 0 Å². The summed E-state index contributed by atoms with van der Waals surface area (Å²) >= 11 is 1.46. The Bertz CT molecular complexity index is 1360. The van der Waals surface area contributed by atoms with Crippen molar-refractivity contribution < 1.29 is 9.26 Å². The molecule has 0 radical (unpaired) electrons. The SMILES string of the molecule is CN(C)Cc1c(OCc2ccc(C#N)s2)ccc2c(CCC3CCN(Cc4ccccc4)CC3)noc12.Cl.Cl. The van der Waals surface area contributed by atoms with Crippen LogP contribution in [0.5, 0.6) is 5.75 Å². The molecule has 0 spiro atoms. The highest BCUT2D eigenvalue weighted by atomic mass is 35.5. The van der Waals surface area contributed by atoms with Crippen molar-refractivity contribution in [3.8, 4) is 11.8 Å². The van der Waals surface area contributed by atoms with Gasteiger partial charge in [-0.05, 0) is 88.6 Å². The van der Waals surface area contributed by atoms with Gasteiger partial charge in [-0.3, -0.25) is 4.90 Å². The van der Waals surface area contributed by atoms with Gasteiger partial charge in [0.05, 0.1) is 11.3 Å². The summed E-state index contributed by atoms with van der Waals surface area (Å²) in [6.07, 6.45) is 4.55. The molecule has 3 heterocycles. The van der Waals surface area contributed by atoms with Crippen LogP contribution < -0.4 is 4.74 Å². The van der Waals surface area contributed by atoms with Crippen LogP contribution in [0.25, 0.3) is 11.0 Å². The summed E-state index contributed by atoms with van der Waals surface area (Å²) in [4.78, 5) is 6.42. The van der Waals surface area contributed by atoms with Crippen LogP contribution in [-0.2, 0) is 26.1 Å². The summed E-state index contributed by atoms with van der Waals surface area (Å²) in [6.45, 7) is 4.50. The number of halogens is 2. The zero-order valence-electron chi connectivity index (χ0n) is 22.5. The number of nitrogens with zero attached hydrogens (tertiary/aromatic N) is 4. The summed E-state index contributed by atoms with van der Waals surface area (Å²) < 4.78 is 12.1. The average molecular weight is 588 g/mol. The second kappa shape index (κ2) is 14.7. The molecule has 1 aliphatic heterocycles. The van der Waals surface area contributed by atoms with E-state index >= 15 is 0 Å². The standard InChI is InChI=1S/C30H34N4O2S.2ClH/c1-33(2)20-27-29(35-21-25-10-9-24(18-31)37-25)13-11-26-28(32-36-30(26)27)12-8-22-14-16-34(17-15-22)19-23-6-4-3-5-7-23;;/h3-7,9-11,13,22H,8,12,14-17,19-21H2,1-2H3;2*1H. The Hall–Kier alpha value is -2.60. The maximum atomic E-state index is 9.09. The third-order valence-corrected chi connectivity index (χ3v) is 8.10. The second-order valence-electron chi connectivity index (χ2n) is 10.2. The van der Waals surface area contributed by atoms with Crippen molar-refractivity contribution in [1.29, 1.82) is 5.26 Å². The van der Waals surface area contributed by atoms with Crippen LogP contribution in [-0.4, -0.2) is 42.1 Å². The van der Waals surface area contributed by atoms with E-state index in [2.05, 4.69) is 57.4 Å². The minimum atomic E-state index is 0. The molecule has 208 valence electrons. The van der Waals surface area contributed by atoms with Gasteiger partial charge in [0, 0.05) is 23.4 Å². The number of ether oxygens (including phenoxy) is 1. The highest BCUT2D eigenvalue weighted by Crippen LogP contribution is 2.33.